The normalized spacial score (nSPS) is 9.50. The van der Waals surface area contributed by atoms with Crippen molar-refractivity contribution in [2.45, 2.75) is 6.42 Å². The standard InChI is InChI=1S/C12H14N2OS/c1-16-7-3-6-14-12(15)11-5-2-4-10(8-11)9-13/h2,4-5,8H,3,6-7H2,1H3,(H,14,15). The molecule has 0 radical (unpaired) electrons. The molecule has 3 nitrogen and oxygen atoms in total. The van der Waals surface area contributed by atoms with Gasteiger partial charge >= 0.3 is 0 Å². The van der Waals surface area contributed by atoms with Crippen LogP contribution in [0.3, 0.4) is 0 Å². The number of nitriles is 1. The smallest absolute Gasteiger partial charge is 0.251 e. The second kappa shape index (κ2) is 6.91. The van der Waals surface area contributed by atoms with Crippen LogP contribution < -0.4 is 5.32 Å². The van der Waals surface area contributed by atoms with E-state index in [0.717, 1.165) is 12.2 Å². The van der Waals surface area contributed by atoms with Crippen LogP contribution in [0.15, 0.2) is 24.3 Å². The van der Waals surface area contributed by atoms with Gasteiger partial charge in [-0.2, -0.15) is 17.0 Å². The highest BCUT2D eigenvalue weighted by atomic mass is 32.2. The number of amides is 1. The molecule has 0 saturated heterocycles. The van der Waals surface area contributed by atoms with E-state index in [1.54, 1.807) is 36.0 Å². The van der Waals surface area contributed by atoms with Crippen LogP contribution in [0.5, 0.6) is 0 Å². The zero-order valence-corrected chi connectivity index (χ0v) is 10.0. The Hall–Kier alpha value is -1.47. The van der Waals surface area contributed by atoms with Gasteiger partial charge in [0.05, 0.1) is 11.6 Å². The third-order valence-corrected chi connectivity index (χ3v) is 2.76. The summed E-state index contributed by atoms with van der Waals surface area (Å²) >= 11 is 1.76. The quantitative estimate of drug-likeness (QED) is 0.793. The Morgan fingerprint density at radius 3 is 3.06 bits per heavy atom. The summed E-state index contributed by atoms with van der Waals surface area (Å²) in [4.78, 5) is 11.6. The van der Waals surface area contributed by atoms with Crippen molar-refractivity contribution >= 4 is 17.7 Å². The van der Waals surface area contributed by atoms with E-state index in [1.807, 2.05) is 12.3 Å². The molecule has 0 unspecified atom stereocenters. The first-order chi connectivity index (χ1) is 7.77. The first-order valence-electron chi connectivity index (χ1n) is 5.05. The molecular formula is C12H14N2OS. The van der Waals surface area contributed by atoms with E-state index in [1.165, 1.54) is 0 Å². The fourth-order valence-corrected chi connectivity index (χ4v) is 1.68. The summed E-state index contributed by atoms with van der Waals surface area (Å²) in [5, 5.41) is 11.5. The number of hydrogen-bond acceptors (Lipinski definition) is 3. The van der Waals surface area contributed by atoms with E-state index in [9.17, 15) is 4.79 Å². The molecule has 0 aliphatic heterocycles. The zero-order chi connectivity index (χ0) is 11.8. The van der Waals surface area contributed by atoms with Crippen molar-refractivity contribution in [1.82, 2.24) is 5.32 Å². The first-order valence-corrected chi connectivity index (χ1v) is 6.44. The summed E-state index contributed by atoms with van der Waals surface area (Å²) in [5.41, 5.74) is 1.06. The molecule has 84 valence electrons. The topological polar surface area (TPSA) is 52.9 Å². The Balaban J connectivity index is 2.50. The van der Waals surface area contributed by atoms with Gasteiger partial charge in [-0.25, -0.2) is 0 Å². The number of carbonyl (C=O) groups is 1. The fraction of sp³-hybridized carbons (Fsp3) is 0.333. The molecule has 0 heterocycles. The molecule has 0 aliphatic carbocycles. The predicted molar refractivity (Wildman–Crippen MR) is 66.5 cm³/mol. The van der Waals surface area contributed by atoms with E-state index >= 15 is 0 Å². The van der Waals surface area contributed by atoms with Crippen LogP contribution in [0.1, 0.15) is 22.3 Å². The molecule has 0 bridgehead atoms. The Labute approximate surface area is 99.8 Å². The van der Waals surface area contributed by atoms with E-state index in [0.29, 0.717) is 17.7 Å². The lowest BCUT2D eigenvalue weighted by Gasteiger charge is -2.04. The third-order valence-electron chi connectivity index (χ3n) is 2.06. The lowest BCUT2D eigenvalue weighted by atomic mass is 10.1. The van der Waals surface area contributed by atoms with Crippen LogP contribution in [-0.2, 0) is 0 Å². The average molecular weight is 234 g/mol. The average Bonchev–Trinajstić information content (AvgIpc) is 2.34. The third kappa shape index (κ3) is 3.95. The lowest BCUT2D eigenvalue weighted by Crippen LogP contribution is -2.24. The molecule has 0 aromatic heterocycles. The van der Waals surface area contributed by atoms with Crippen molar-refractivity contribution < 1.29 is 4.79 Å². The van der Waals surface area contributed by atoms with E-state index in [-0.39, 0.29) is 5.91 Å². The Bertz CT molecular complexity index is 398. The molecule has 16 heavy (non-hydrogen) atoms. The summed E-state index contributed by atoms with van der Waals surface area (Å²) in [6.45, 7) is 0.677. The van der Waals surface area contributed by atoms with Gasteiger partial charge in [0, 0.05) is 12.1 Å². The highest BCUT2D eigenvalue weighted by molar-refractivity contribution is 7.98. The van der Waals surface area contributed by atoms with Gasteiger partial charge in [0.25, 0.3) is 5.91 Å². The number of nitrogens with one attached hydrogen (secondary N) is 1. The Morgan fingerprint density at radius 1 is 1.56 bits per heavy atom. The van der Waals surface area contributed by atoms with Crippen molar-refractivity contribution in [3.8, 4) is 6.07 Å². The molecule has 0 aliphatic rings. The van der Waals surface area contributed by atoms with Crippen molar-refractivity contribution in [3.63, 3.8) is 0 Å². The number of benzene rings is 1. The second-order valence-electron chi connectivity index (χ2n) is 3.29. The van der Waals surface area contributed by atoms with Crippen molar-refractivity contribution in [2.24, 2.45) is 0 Å². The molecule has 0 saturated carbocycles. The van der Waals surface area contributed by atoms with E-state index in [4.69, 9.17) is 5.26 Å². The highest BCUT2D eigenvalue weighted by Crippen LogP contribution is 2.04. The minimum atomic E-state index is -0.113. The molecular weight excluding hydrogens is 220 g/mol. The molecule has 1 rings (SSSR count). The largest absolute Gasteiger partial charge is 0.352 e. The molecule has 1 amide bonds. The van der Waals surface area contributed by atoms with Gasteiger partial charge in [0.15, 0.2) is 0 Å². The molecule has 0 atom stereocenters. The maximum Gasteiger partial charge on any atom is 0.251 e. The Kier molecular flexibility index (Phi) is 5.44. The minimum absolute atomic E-state index is 0.113. The van der Waals surface area contributed by atoms with Crippen LogP contribution in [0.4, 0.5) is 0 Å². The van der Waals surface area contributed by atoms with Crippen LogP contribution >= 0.6 is 11.8 Å². The monoisotopic (exact) mass is 234 g/mol. The van der Waals surface area contributed by atoms with Gasteiger partial charge in [-0.05, 0) is 36.6 Å². The molecule has 4 heteroatoms. The summed E-state index contributed by atoms with van der Waals surface area (Å²) in [5.74, 6) is 0.927. The van der Waals surface area contributed by atoms with Crippen molar-refractivity contribution in [1.29, 1.82) is 5.26 Å². The van der Waals surface area contributed by atoms with Crippen LogP contribution in [0.25, 0.3) is 0 Å². The number of hydrogen-bond donors (Lipinski definition) is 1. The lowest BCUT2D eigenvalue weighted by molar-refractivity contribution is 0.0954. The highest BCUT2D eigenvalue weighted by Gasteiger charge is 2.04. The number of thioether (sulfide) groups is 1. The van der Waals surface area contributed by atoms with Crippen LogP contribution in [0.2, 0.25) is 0 Å². The van der Waals surface area contributed by atoms with Gasteiger partial charge < -0.3 is 5.32 Å². The van der Waals surface area contributed by atoms with Gasteiger partial charge in [0.1, 0.15) is 0 Å². The minimum Gasteiger partial charge on any atom is -0.352 e. The summed E-state index contributed by atoms with van der Waals surface area (Å²) in [6, 6.07) is 8.73. The first kappa shape index (κ1) is 12.6. The van der Waals surface area contributed by atoms with Crippen molar-refractivity contribution in [3.05, 3.63) is 35.4 Å². The summed E-state index contributed by atoms with van der Waals surface area (Å²) in [7, 11) is 0. The molecule has 0 spiro atoms. The van der Waals surface area contributed by atoms with Gasteiger partial charge in [0.2, 0.25) is 0 Å². The van der Waals surface area contributed by atoms with Gasteiger partial charge in [-0.15, -0.1) is 0 Å². The maximum atomic E-state index is 11.6. The number of carbonyl (C=O) groups excluding carboxylic acids is 1. The van der Waals surface area contributed by atoms with Gasteiger partial charge in [-0.1, -0.05) is 6.07 Å². The van der Waals surface area contributed by atoms with Crippen LogP contribution in [-0.4, -0.2) is 24.5 Å². The van der Waals surface area contributed by atoms with Crippen LogP contribution in [0, 0.1) is 11.3 Å². The zero-order valence-electron chi connectivity index (χ0n) is 9.19. The second-order valence-corrected chi connectivity index (χ2v) is 4.28. The molecule has 1 aromatic carbocycles. The molecule has 1 N–H and O–H groups in total. The van der Waals surface area contributed by atoms with E-state index < -0.39 is 0 Å². The summed E-state index contributed by atoms with van der Waals surface area (Å²) < 4.78 is 0. The fourth-order valence-electron chi connectivity index (χ4n) is 1.25. The Morgan fingerprint density at radius 2 is 2.38 bits per heavy atom. The number of rotatable bonds is 5. The van der Waals surface area contributed by atoms with E-state index in [2.05, 4.69) is 5.32 Å². The predicted octanol–water partition coefficient (Wildman–Crippen LogP) is 2.04. The number of nitrogens with zero attached hydrogens (tertiary/aromatic N) is 1. The summed E-state index contributed by atoms with van der Waals surface area (Å²) in [6.07, 6.45) is 3.00. The van der Waals surface area contributed by atoms with Crippen molar-refractivity contribution in [2.75, 3.05) is 18.6 Å². The maximum absolute atomic E-state index is 11.6. The molecule has 0 fully saturated rings. The molecule has 1 aromatic rings. The SMILES string of the molecule is CSCCCNC(=O)c1cccc(C#N)c1. The van der Waals surface area contributed by atoms with Gasteiger partial charge in [-0.3, -0.25) is 4.79 Å².